The lowest BCUT2D eigenvalue weighted by Crippen LogP contribution is -2.36. The van der Waals surface area contributed by atoms with Crippen LogP contribution in [0.3, 0.4) is 0 Å². The second-order valence-electron chi connectivity index (χ2n) is 9.70. The maximum atomic E-state index is 13.0. The number of carbonyl (C=O) groups excluding carboxylic acids is 3. The molecule has 0 aromatic heterocycles. The van der Waals surface area contributed by atoms with Gasteiger partial charge in [0, 0.05) is 17.3 Å². The number of ether oxygens (including phenoxy) is 2. The molecule has 1 amide bonds. The molecule has 1 N–H and O–H groups in total. The number of nitrogens with one attached hydrogen (secondary N) is 1. The lowest BCUT2D eigenvalue weighted by molar-refractivity contribution is -0.385. The Balaban J connectivity index is 1.65. The van der Waals surface area contributed by atoms with E-state index < -0.39 is 29.4 Å². The number of carbonyl (C=O) groups is 3. The molecule has 0 bridgehead atoms. The van der Waals surface area contributed by atoms with E-state index in [1.807, 2.05) is 0 Å². The zero-order chi connectivity index (χ0) is 26.4. The highest BCUT2D eigenvalue weighted by atomic mass is 16.6. The van der Waals surface area contributed by atoms with Crippen molar-refractivity contribution in [3.8, 4) is 0 Å². The van der Waals surface area contributed by atoms with E-state index in [-0.39, 0.29) is 34.5 Å². The SMILES string of the molecule is Cc1ccc(NC(=O)COC(=O)c2ccccc2C(=O)O[C@@H]2C[C@H](C)CC[C@@H]2C(C)C)cc1[N+](=O)[O-]. The van der Waals surface area contributed by atoms with Crippen molar-refractivity contribution < 1.29 is 28.8 Å². The molecule has 9 nitrogen and oxygen atoms in total. The van der Waals surface area contributed by atoms with E-state index in [1.165, 1.54) is 30.3 Å². The van der Waals surface area contributed by atoms with Crippen LogP contribution in [-0.4, -0.2) is 35.5 Å². The molecule has 3 rings (SSSR count). The second kappa shape index (κ2) is 11.8. The number of aryl methyl sites for hydroxylation is 1. The van der Waals surface area contributed by atoms with E-state index in [0.29, 0.717) is 17.4 Å². The number of nitro groups is 1. The molecule has 1 saturated carbocycles. The molecule has 0 unspecified atom stereocenters. The summed E-state index contributed by atoms with van der Waals surface area (Å²) >= 11 is 0. The number of amides is 1. The first kappa shape index (κ1) is 26.8. The van der Waals surface area contributed by atoms with Gasteiger partial charge >= 0.3 is 11.9 Å². The van der Waals surface area contributed by atoms with Crippen molar-refractivity contribution in [2.24, 2.45) is 17.8 Å². The first-order valence-corrected chi connectivity index (χ1v) is 12.1. The van der Waals surface area contributed by atoms with Crippen LogP contribution in [0.25, 0.3) is 0 Å². The van der Waals surface area contributed by atoms with Gasteiger partial charge in [0.05, 0.1) is 16.1 Å². The van der Waals surface area contributed by atoms with Crippen LogP contribution < -0.4 is 5.32 Å². The summed E-state index contributed by atoms with van der Waals surface area (Å²) in [5, 5.41) is 13.6. The van der Waals surface area contributed by atoms with Gasteiger partial charge in [0.2, 0.25) is 0 Å². The average molecular weight is 497 g/mol. The van der Waals surface area contributed by atoms with Crippen LogP contribution in [0, 0.1) is 34.8 Å². The molecular formula is C27H32N2O7. The molecule has 2 aromatic rings. The van der Waals surface area contributed by atoms with Crippen LogP contribution in [0.15, 0.2) is 42.5 Å². The Bertz CT molecular complexity index is 1140. The van der Waals surface area contributed by atoms with E-state index in [9.17, 15) is 24.5 Å². The lowest BCUT2D eigenvalue weighted by atomic mass is 9.75. The summed E-state index contributed by atoms with van der Waals surface area (Å²) in [5.41, 5.74) is 0.613. The molecule has 9 heteroatoms. The zero-order valence-corrected chi connectivity index (χ0v) is 21.0. The quantitative estimate of drug-likeness (QED) is 0.298. The molecule has 0 aliphatic heterocycles. The smallest absolute Gasteiger partial charge is 0.339 e. The summed E-state index contributed by atoms with van der Waals surface area (Å²) in [6.07, 6.45) is 2.63. The zero-order valence-electron chi connectivity index (χ0n) is 21.0. The van der Waals surface area contributed by atoms with Crippen LogP contribution in [0.1, 0.15) is 66.3 Å². The molecule has 0 heterocycles. The molecule has 2 aromatic carbocycles. The van der Waals surface area contributed by atoms with Gasteiger partial charge in [-0.15, -0.1) is 0 Å². The molecule has 1 aliphatic rings. The van der Waals surface area contributed by atoms with Crippen molar-refractivity contribution in [3.63, 3.8) is 0 Å². The number of hydrogen-bond acceptors (Lipinski definition) is 7. The molecule has 0 radical (unpaired) electrons. The van der Waals surface area contributed by atoms with Gasteiger partial charge in [-0.1, -0.05) is 45.4 Å². The molecule has 0 saturated heterocycles. The van der Waals surface area contributed by atoms with Gasteiger partial charge in [0.25, 0.3) is 11.6 Å². The highest BCUT2D eigenvalue weighted by Gasteiger charge is 2.34. The Kier molecular flexibility index (Phi) is 8.79. The maximum absolute atomic E-state index is 13.0. The van der Waals surface area contributed by atoms with Crippen LogP contribution in [0.2, 0.25) is 0 Å². The highest BCUT2D eigenvalue weighted by Crippen LogP contribution is 2.36. The molecule has 3 atom stereocenters. The van der Waals surface area contributed by atoms with Crippen LogP contribution in [0.5, 0.6) is 0 Å². The Labute approximate surface area is 210 Å². The number of hydrogen-bond donors (Lipinski definition) is 1. The minimum atomic E-state index is -0.843. The number of benzene rings is 2. The normalized spacial score (nSPS) is 19.4. The molecule has 1 aliphatic carbocycles. The number of nitrogens with zero attached hydrogens (tertiary/aromatic N) is 1. The van der Waals surface area contributed by atoms with Gasteiger partial charge in [-0.25, -0.2) is 9.59 Å². The fraction of sp³-hybridized carbons (Fsp3) is 0.444. The Morgan fingerprint density at radius 3 is 2.39 bits per heavy atom. The minimum Gasteiger partial charge on any atom is -0.458 e. The summed E-state index contributed by atoms with van der Waals surface area (Å²) in [4.78, 5) is 48.6. The molecular weight excluding hydrogens is 464 g/mol. The summed E-state index contributed by atoms with van der Waals surface area (Å²) in [6.45, 7) is 7.34. The van der Waals surface area contributed by atoms with Gasteiger partial charge in [-0.3, -0.25) is 14.9 Å². The van der Waals surface area contributed by atoms with Gasteiger partial charge in [-0.2, -0.15) is 0 Å². The van der Waals surface area contributed by atoms with E-state index in [0.717, 1.165) is 19.3 Å². The van der Waals surface area contributed by atoms with Gasteiger partial charge in [0.1, 0.15) is 6.10 Å². The third-order valence-corrected chi connectivity index (χ3v) is 6.61. The molecule has 0 spiro atoms. The molecule has 36 heavy (non-hydrogen) atoms. The number of nitro benzene ring substituents is 1. The Morgan fingerprint density at radius 2 is 1.75 bits per heavy atom. The third kappa shape index (κ3) is 6.68. The topological polar surface area (TPSA) is 125 Å². The number of esters is 2. The van der Waals surface area contributed by atoms with Crippen molar-refractivity contribution in [1.29, 1.82) is 0 Å². The van der Waals surface area contributed by atoms with E-state index in [1.54, 1.807) is 19.1 Å². The van der Waals surface area contributed by atoms with Crippen molar-refractivity contribution in [3.05, 3.63) is 69.3 Å². The first-order chi connectivity index (χ1) is 17.1. The van der Waals surface area contributed by atoms with Crippen LogP contribution in [0.4, 0.5) is 11.4 Å². The number of anilines is 1. The highest BCUT2D eigenvalue weighted by molar-refractivity contribution is 6.04. The third-order valence-electron chi connectivity index (χ3n) is 6.61. The summed E-state index contributed by atoms with van der Waals surface area (Å²) < 4.78 is 11.0. The summed E-state index contributed by atoms with van der Waals surface area (Å²) in [7, 11) is 0. The van der Waals surface area contributed by atoms with Crippen molar-refractivity contribution >= 4 is 29.2 Å². The Morgan fingerprint density at radius 1 is 1.08 bits per heavy atom. The van der Waals surface area contributed by atoms with Crippen LogP contribution >= 0.6 is 0 Å². The largest absolute Gasteiger partial charge is 0.458 e. The van der Waals surface area contributed by atoms with E-state index in [2.05, 4.69) is 26.1 Å². The van der Waals surface area contributed by atoms with Crippen molar-refractivity contribution in [2.45, 2.75) is 53.1 Å². The van der Waals surface area contributed by atoms with Crippen molar-refractivity contribution in [1.82, 2.24) is 0 Å². The van der Waals surface area contributed by atoms with Gasteiger partial charge in [-0.05, 0) is 55.7 Å². The fourth-order valence-electron chi connectivity index (χ4n) is 4.58. The second-order valence-corrected chi connectivity index (χ2v) is 9.70. The fourth-order valence-corrected chi connectivity index (χ4v) is 4.58. The molecule has 1 fully saturated rings. The van der Waals surface area contributed by atoms with Gasteiger partial charge < -0.3 is 14.8 Å². The number of rotatable bonds is 8. The predicted molar refractivity (Wildman–Crippen MR) is 134 cm³/mol. The Hall–Kier alpha value is -3.75. The predicted octanol–water partition coefficient (Wildman–Crippen LogP) is 5.32. The molecule has 192 valence electrons. The maximum Gasteiger partial charge on any atom is 0.339 e. The standard InChI is InChI=1S/C27H32N2O7/c1-16(2)20-12-9-17(3)13-24(20)36-27(32)22-8-6-5-7-21(22)26(31)35-15-25(30)28-19-11-10-18(4)23(14-19)29(33)34/h5-8,10-11,14,16-17,20,24H,9,12-13,15H2,1-4H3,(H,28,30)/t17-,20-,24-/m1/s1. The average Bonchev–Trinajstić information content (AvgIpc) is 2.83. The van der Waals surface area contributed by atoms with E-state index in [4.69, 9.17) is 9.47 Å². The van der Waals surface area contributed by atoms with Gasteiger partial charge in [0.15, 0.2) is 6.61 Å². The van der Waals surface area contributed by atoms with Crippen LogP contribution in [-0.2, 0) is 14.3 Å². The van der Waals surface area contributed by atoms with Crippen molar-refractivity contribution in [2.75, 3.05) is 11.9 Å². The summed E-state index contributed by atoms with van der Waals surface area (Å²) in [5.74, 6) is -1.03. The van der Waals surface area contributed by atoms with E-state index >= 15 is 0 Å². The lowest BCUT2D eigenvalue weighted by Gasteiger charge is -2.36. The minimum absolute atomic E-state index is 0.00577. The first-order valence-electron chi connectivity index (χ1n) is 12.1. The summed E-state index contributed by atoms with van der Waals surface area (Å²) in [6, 6.07) is 10.4. The monoisotopic (exact) mass is 496 g/mol.